The van der Waals surface area contributed by atoms with Gasteiger partial charge in [0.1, 0.15) is 18.6 Å². The van der Waals surface area contributed by atoms with Crippen LogP contribution in [0.2, 0.25) is 0 Å². The quantitative estimate of drug-likeness (QED) is 0.219. The van der Waals surface area contributed by atoms with E-state index < -0.39 is 60.7 Å². The number of carboxylic acids is 1. The zero-order valence-corrected chi connectivity index (χ0v) is 16.7. The molecule has 0 bridgehead atoms. The molecule has 3 unspecified atom stereocenters. The molecule has 4 amide bonds. The Balaban J connectivity index is 5.28. The van der Waals surface area contributed by atoms with E-state index in [-0.39, 0.29) is 18.3 Å². The number of rotatable bonds is 12. The van der Waals surface area contributed by atoms with E-state index in [1.165, 1.54) is 0 Å². The van der Waals surface area contributed by atoms with Crippen LogP contribution in [-0.4, -0.2) is 59.4 Å². The largest absolute Gasteiger partial charge is 0.480 e. The molecular formula is C17H31N5O6. The Morgan fingerprint density at radius 1 is 0.893 bits per heavy atom. The van der Waals surface area contributed by atoms with Crippen molar-refractivity contribution in [3.05, 3.63) is 0 Å². The Bertz CT molecular complexity index is 593. The van der Waals surface area contributed by atoms with Gasteiger partial charge in [-0.2, -0.15) is 0 Å². The second kappa shape index (κ2) is 11.9. The molecule has 11 nitrogen and oxygen atoms in total. The molecule has 3 atom stereocenters. The highest BCUT2D eigenvalue weighted by atomic mass is 16.4. The Morgan fingerprint density at radius 2 is 1.43 bits per heavy atom. The summed E-state index contributed by atoms with van der Waals surface area (Å²) >= 11 is 0. The number of hydrogen-bond donors (Lipinski definition) is 6. The summed E-state index contributed by atoms with van der Waals surface area (Å²) in [6.45, 7) is 6.47. The number of carboxylic acid groups (broad SMARTS) is 1. The molecule has 0 aromatic carbocycles. The van der Waals surface area contributed by atoms with Crippen molar-refractivity contribution in [2.75, 3.05) is 6.54 Å². The van der Waals surface area contributed by atoms with E-state index in [0.717, 1.165) is 0 Å². The SMILES string of the molecule is CC(C)CC(NC(=O)C(CC(N)=O)NC(=O)C(N)C(C)C)C(=O)NCC(=O)O. The molecule has 0 aromatic rings. The molecule has 0 heterocycles. The van der Waals surface area contributed by atoms with Crippen LogP contribution in [0.1, 0.15) is 40.5 Å². The van der Waals surface area contributed by atoms with Crippen molar-refractivity contribution >= 4 is 29.6 Å². The minimum Gasteiger partial charge on any atom is -0.480 e. The number of aliphatic carboxylic acids is 1. The van der Waals surface area contributed by atoms with E-state index >= 15 is 0 Å². The number of carbonyl (C=O) groups is 5. The number of amides is 4. The molecule has 0 aliphatic rings. The van der Waals surface area contributed by atoms with Crippen molar-refractivity contribution in [1.82, 2.24) is 16.0 Å². The van der Waals surface area contributed by atoms with Gasteiger partial charge in [0, 0.05) is 0 Å². The minimum absolute atomic E-state index is 0.000534. The number of carbonyl (C=O) groups excluding carboxylic acids is 4. The zero-order valence-electron chi connectivity index (χ0n) is 16.7. The maximum Gasteiger partial charge on any atom is 0.322 e. The lowest BCUT2D eigenvalue weighted by molar-refractivity contribution is -0.139. The maximum atomic E-state index is 12.6. The lowest BCUT2D eigenvalue weighted by atomic mass is 10.0. The third-order valence-electron chi connectivity index (χ3n) is 3.81. The summed E-state index contributed by atoms with van der Waals surface area (Å²) in [5.41, 5.74) is 10.9. The minimum atomic E-state index is -1.31. The third-order valence-corrected chi connectivity index (χ3v) is 3.81. The van der Waals surface area contributed by atoms with E-state index in [4.69, 9.17) is 16.6 Å². The molecule has 0 rings (SSSR count). The summed E-state index contributed by atoms with van der Waals surface area (Å²) in [4.78, 5) is 58.8. The third kappa shape index (κ3) is 9.86. The molecule has 160 valence electrons. The normalized spacial score (nSPS) is 14.1. The van der Waals surface area contributed by atoms with Gasteiger partial charge in [0.05, 0.1) is 12.5 Å². The fourth-order valence-corrected chi connectivity index (χ4v) is 2.24. The lowest BCUT2D eigenvalue weighted by Crippen LogP contribution is -2.57. The molecule has 0 fully saturated rings. The van der Waals surface area contributed by atoms with E-state index in [1.54, 1.807) is 13.8 Å². The second-order valence-electron chi connectivity index (χ2n) is 7.30. The predicted molar refractivity (Wildman–Crippen MR) is 101 cm³/mol. The summed E-state index contributed by atoms with van der Waals surface area (Å²) in [6, 6.07) is -3.25. The highest BCUT2D eigenvalue weighted by molar-refractivity contribution is 5.95. The predicted octanol–water partition coefficient (Wildman–Crippen LogP) is -1.94. The molecule has 8 N–H and O–H groups in total. The Kier molecular flexibility index (Phi) is 10.8. The summed E-state index contributed by atoms with van der Waals surface area (Å²) in [7, 11) is 0. The van der Waals surface area contributed by atoms with Gasteiger partial charge in [-0.15, -0.1) is 0 Å². The van der Waals surface area contributed by atoms with Crippen molar-refractivity contribution in [1.29, 1.82) is 0 Å². The van der Waals surface area contributed by atoms with Crippen LogP contribution >= 0.6 is 0 Å². The smallest absolute Gasteiger partial charge is 0.322 e. The van der Waals surface area contributed by atoms with Crippen molar-refractivity contribution in [2.24, 2.45) is 23.3 Å². The number of hydrogen-bond acceptors (Lipinski definition) is 6. The van der Waals surface area contributed by atoms with Crippen LogP contribution in [-0.2, 0) is 24.0 Å². The van der Waals surface area contributed by atoms with Crippen LogP contribution in [0.4, 0.5) is 0 Å². The molecule has 0 aliphatic heterocycles. The first-order valence-corrected chi connectivity index (χ1v) is 8.99. The molecule has 0 spiro atoms. The fourth-order valence-electron chi connectivity index (χ4n) is 2.24. The molecule has 0 radical (unpaired) electrons. The van der Waals surface area contributed by atoms with Crippen molar-refractivity contribution < 1.29 is 29.1 Å². The van der Waals surface area contributed by atoms with E-state index in [1.807, 2.05) is 13.8 Å². The van der Waals surface area contributed by atoms with Crippen LogP contribution in [0.25, 0.3) is 0 Å². The van der Waals surface area contributed by atoms with Gasteiger partial charge in [-0.3, -0.25) is 24.0 Å². The average Bonchev–Trinajstić information content (AvgIpc) is 2.56. The highest BCUT2D eigenvalue weighted by Crippen LogP contribution is 2.07. The Hall–Kier alpha value is -2.69. The van der Waals surface area contributed by atoms with E-state index in [9.17, 15) is 24.0 Å². The first-order chi connectivity index (χ1) is 12.8. The van der Waals surface area contributed by atoms with Crippen LogP contribution in [0, 0.1) is 11.8 Å². The molecule has 0 saturated heterocycles. The van der Waals surface area contributed by atoms with Gasteiger partial charge >= 0.3 is 5.97 Å². The number of nitrogens with two attached hydrogens (primary N) is 2. The summed E-state index contributed by atoms with van der Waals surface area (Å²) in [5, 5.41) is 15.7. The molecule has 0 aromatic heterocycles. The van der Waals surface area contributed by atoms with Crippen LogP contribution in [0.15, 0.2) is 0 Å². The molecular weight excluding hydrogens is 370 g/mol. The van der Waals surface area contributed by atoms with Gasteiger partial charge in [0.15, 0.2) is 0 Å². The summed E-state index contributed by atoms with van der Waals surface area (Å²) in [6.07, 6.45) is -0.256. The van der Waals surface area contributed by atoms with Gasteiger partial charge in [0.2, 0.25) is 23.6 Å². The van der Waals surface area contributed by atoms with E-state index in [2.05, 4.69) is 16.0 Å². The van der Waals surface area contributed by atoms with Crippen LogP contribution in [0.5, 0.6) is 0 Å². The van der Waals surface area contributed by atoms with Gasteiger partial charge < -0.3 is 32.5 Å². The van der Waals surface area contributed by atoms with Crippen molar-refractivity contribution in [2.45, 2.75) is 58.7 Å². The summed E-state index contributed by atoms with van der Waals surface area (Å²) < 4.78 is 0. The highest BCUT2D eigenvalue weighted by Gasteiger charge is 2.30. The van der Waals surface area contributed by atoms with Crippen LogP contribution < -0.4 is 27.4 Å². The van der Waals surface area contributed by atoms with Gasteiger partial charge in [-0.05, 0) is 18.3 Å². The number of nitrogens with one attached hydrogen (secondary N) is 3. The summed E-state index contributed by atoms with van der Waals surface area (Å²) in [5.74, 6) is -4.37. The monoisotopic (exact) mass is 401 g/mol. The van der Waals surface area contributed by atoms with Crippen LogP contribution in [0.3, 0.4) is 0 Å². The Labute approximate surface area is 164 Å². The standard InChI is InChI=1S/C17H31N5O6/c1-8(2)5-10(15(26)20-7-13(24)25)21-16(27)11(6-12(18)23)22-17(28)14(19)9(3)4/h8-11,14H,5-7,19H2,1-4H3,(H2,18,23)(H,20,26)(H,21,27)(H,22,28)(H,24,25). The first-order valence-electron chi connectivity index (χ1n) is 8.99. The Morgan fingerprint density at radius 3 is 1.86 bits per heavy atom. The maximum absolute atomic E-state index is 12.6. The van der Waals surface area contributed by atoms with Crippen molar-refractivity contribution in [3.63, 3.8) is 0 Å². The lowest BCUT2D eigenvalue weighted by Gasteiger charge is -2.25. The average molecular weight is 401 g/mol. The molecule has 0 aliphatic carbocycles. The zero-order chi connectivity index (χ0) is 22.0. The number of primary amides is 1. The van der Waals surface area contributed by atoms with Gasteiger partial charge in [-0.1, -0.05) is 27.7 Å². The fraction of sp³-hybridized carbons (Fsp3) is 0.706. The van der Waals surface area contributed by atoms with Gasteiger partial charge in [-0.25, -0.2) is 0 Å². The van der Waals surface area contributed by atoms with E-state index in [0.29, 0.717) is 0 Å². The van der Waals surface area contributed by atoms with Crippen molar-refractivity contribution in [3.8, 4) is 0 Å². The van der Waals surface area contributed by atoms with Gasteiger partial charge in [0.25, 0.3) is 0 Å². The first kappa shape index (κ1) is 25.3. The molecule has 11 heteroatoms. The topological polar surface area (TPSA) is 194 Å². The molecule has 28 heavy (non-hydrogen) atoms. The molecule has 0 saturated carbocycles. The second-order valence-corrected chi connectivity index (χ2v) is 7.30.